The molecule has 1 amide bonds. The van der Waals surface area contributed by atoms with E-state index in [0.717, 1.165) is 30.8 Å². The van der Waals surface area contributed by atoms with Crippen LogP contribution >= 0.6 is 0 Å². The summed E-state index contributed by atoms with van der Waals surface area (Å²) in [7, 11) is 5.74. The third-order valence-corrected chi connectivity index (χ3v) is 3.49. The molecule has 2 rings (SSSR count). The molecule has 110 valence electrons. The first-order valence-electron chi connectivity index (χ1n) is 6.93. The van der Waals surface area contributed by atoms with Crippen molar-refractivity contribution < 1.29 is 9.53 Å². The van der Waals surface area contributed by atoms with Gasteiger partial charge in [0.2, 0.25) is 5.91 Å². The highest BCUT2D eigenvalue weighted by Crippen LogP contribution is 2.25. The number of hydrogen-bond acceptors (Lipinski definition) is 4. The van der Waals surface area contributed by atoms with Gasteiger partial charge < -0.3 is 14.5 Å². The molecule has 1 aromatic rings. The topological polar surface area (TPSA) is 44.8 Å². The second-order valence-corrected chi connectivity index (χ2v) is 5.30. The fourth-order valence-electron chi connectivity index (χ4n) is 2.46. The van der Waals surface area contributed by atoms with Crippen molar-refractivity contribution in [3.05, 3.63) is 29.8 Å². The zero-order chi connectivity index (χ0) is 14.5. The Labute approximate surface area is 120 Å². The largest absolute Gasteiger partial charge is 0.497 e. The Morgan fingerprint density at radius 2 is 2.25 bits per heavy atom. The molecular weight excluding hydrogens is 254 g/mol. The van der Waals surface area contributed by atoms with Gasteiger partial charge in [0.25, 0.3) is 0 Å². The minimum atomic E-state index is -0.0419. The Hall–Kier alpha value is -1.59. The van der Waals surface area contributed by atoms with Crippen LogP contribution in [0.2, 0.25) is 0 Å². The van der Waals surface area contributed by atoms with Crippen LogP contribution in [0.4, 0.5) is 0 Å². The third kappa shape index (κ3) is 3.49. The molecule has 0 saturated carbocycles. The summed E-state index contributed by atoms with van der Waals surface area (Å²) in [6, 6.07) is 7.88. The van der Waals surface area contributed by atoms with E-state index in [-0.39, 0.29) is 12.1 Å². The molecule has 1 unspecified atom stereocenters. The molecule has 20 heavy (non-hydrogen) atoms. The second kappa shape index (κ2) is 6.72. The Morgan fingerprint density at radius 3 is 2.95 bits per heavy atom. The molecule has 0 aliphatic carbocycles. The zero-order valence-corrected chi connectivity index (χ0v) is 12.4. The zero-order valence-electron chi connectivity index (χ0n) is 12.4. The lowest BCUT2D eigenvalue weighted by molar-refractivity contribution is -0.128. The number of benzene rings is 1. The number of amides is 1. The summed E-state index contributed by atoms with van der Waals surface area (Å²) in [6.45, 7) is 2.16. The van der Waals surface area contributed by atoms with Crippen LogP contribution in [-0.2, 0) is 4.79 Å². The monoisotopic (exact) mass is 277 g/mol. The maximum atomic E-state index is 12.0. The molecule has 1 aliphatic heterocycles. The van der Waals surface area contributed by atoms with Crippen molar-refractivity contribution in [2.45, 2.75) is 12.6 Å². The molecule has 5 nitrogen and oxygen atoms in total. The van der Waals surface area contributed by atoms with Crippen LogP contribution in [0.25, 0.3) is 0 Å². The van der Waals surface area contributed by atoms with Crippen LogP contribution < -0.4 is 10.1 Å². The fraction of sp³-hybridized carbons (Fsp3) is 0.533. The summed E-state index contributed by atoms with van der Waals surface area (Å²) in [5, 5.41) is 3.27. The van der Waals surface area contributed by atoms with E-state index in [9.17, 15) is 4.79 Å². The van der Waals surface area contributed by atoms with Gasteiger partial charge in [0, 0.05) is 6.54 Å². The number of hydrogen-bond donors (Lipinski definition) is 1. The van der Waals surface area contributed by atoms with E-state index in [1.807, 2.05) is 43.3 Å². The number of rotatable bonds is 6. The Bertz CT molecular complexity index is 462. The van der Waals surface area contributed by atoms with E-state index in [2.05, 4.69) is 10.2 Å². The predicted molar refractivity (Wildman–Crippen MR) is 78.6 cm³/mol. The molecule has 0 radical (unpaired) electrons. The van der Waals surface area contributed by atoms with Gasteiger partial charge in [-0.25, -0.2) is 0 Å². The van der Waals surface area contributed by atoms with E-state index in [1.54, 1.807) is 7.11 Å². The molecule has 5 heteroatoms. The van der Waals surface area contributed by atoms with Gasteiger partial charge >= 0.3 is 0 Å². The minimum absolute atomic E-state index is 0.0419. The first-order chi connectivity index (χ1) is 9.61. The number of methoxy groups -OCH3 is 1. The molecule has 0 bridgehead atoms. The highest BCUT2D eigenvalue weighted by atomic mass is 16.5. The smallest absolute Gasteiger partial charge is 0.238 e. The standard InChI is InChI=1S/C15H23N3O2/c1-17(2)8-5-9-18-14(19)11-16-15(18)12-6-4-7-13(10-12)20-3/h4,6-7,10,15-16H,5,8-9,11H2,1-3H3. The van der Waals surface area contributed by atoms with Gasteiger partial charge in [-0.15, -0.1) is 0 Å². The Balaban J connectivity index is 2.06. The molecule has 1 aromatic carbocycles. The van der Waals surface area contributed by atoms with E-state index in [0.29, 0.717) is 6.54 Å². The summed E-state index contributed by atoms with van der Waals surface area (Å²) < 4.78 is 5.25. The lowest BCUT2D eigenvalue weighted by atomic mass is 10.1. The first kappa shape index (κ1) is 14.8. The average Bonchev–Trinajstić information content (AvgIpc) is 2.80. The lowest BCUT2D eigenvalue weighted by Crippen LogP contribution is -2.32. The van der Waals surface area contributed by atoms with Crippen molar-refractivity contribution >= 4 is 5.91 Å². The van der Waals surface area contributed by atoms with Gasteiger partial charge in [-0.1, -0.05) is 12.1 Å². The number of carbonyl (C=O) groups is 1. The number of nitrogens with one attached hydrogen (secondary N) is 1. The summed E-state index contributed by atoms with van der Waals surface area (Å²) in [5.74, 6) is 0.980. The molecule has 1 fully saturated rings. The van der Waals surface area contributed by atoms with Gasteiger partial charge in [0.1, 0.15) is 11.9 Å². The normalized spacial score (nSPS) is 18.9. The molecule has 0 spiro atoms. The third-order valence-electron chi connectivity index (χ3n) is 3.49. The van der Waals surface area contributed by atoms with Gasteiger partial charge in [0.05, 0.1) is 13.7 Å². The average molecular weight is 277 g/mol. The van der Waals surface area contributed by atoms with E-state index in [1.165, 1.54) is 0 Å². The Morgan fingerprint density at radius 1 is 1.45 bits per heavy atom. The summed E-state index contributed by atoms with van der Waals surface area (Å²) in [5.41, 5.74) is 1.07. The van der Waals surface area contributed by atoms with Gasteiger partial charge in [-0.3, -0.25) is 10.1 Å². The predicted octanol–water partition coefficient (Wildman–Crippen LogP) is 1.08. The van der Waals surface area contributed by atoms with Gasteiger partial charge in [-0.05, 0) is 44.8 Å². The Kier molecular flexibility index (Phi) is 4.98. The first-order valence-corrected chi connectivity index (χ1v) is 6.93. The van der Waals surface area contributed by atoms with Crippen LogP contribution in [0.3, 0.4) is 0 Å². The summed E-state index contributed by atoms with van der Waals surface area (Å²) >= 11 is 0. The minimum Gasteiger partial charge on any atom is -0.497 e. The van der Waals surface area contributed by atoms with Gasteiger partial charge in [-0.2, -0.15) is 0 Å². The molecule has 1 N–H and O–H groups in total. The van der Waals surface area contributed by atoms with Crippen molar-refractivity contribution in [1.29, 1.82) is 0 Å². The van der Waals surface area contributed by atoms with Crippen LogP contribution in [0, 0.1) is 0 Å². The highest BCUT2D eigenvalue weighted by molar-refractivity contribution is 5.81. The maximum absolute atomic E-state index is 12.0. The molecule has 1 heterocycles. The number of ether oxygens (including phenoxy) is 1. The SMILES string of the molecule is COc1cccc(C2NCC(=O)N2CCCN(C)C)c1. The fourth-order valence-corrected chi connectivity index (χ4v) is 2.46. The molecule has 1 atom stereocenters. The number of carbonyl (C=O) groups excluding carboxylic acids is 1. The molecule has 1 aliphatic rings. The van der Waals surface area contributed by atoms with E-state index >= 15 is 0 Å². The van der Waals surface area contributed by atoms with E-state index in [4.69, 9.17) is 4.74 Å². The second-order valence-electron chi connectivity index (χ2n) is 5.30. The summed E-state index contributed by atoms with van der Waals surface area (Å²) in [6.07, 6.45) is 0.931. The lowest BCUT2D eigenvalue weighted by Gasteiger charge is -2.25. The van der Waals surface area contributed by atoms with Crippen molar-refractivity contribution in [3.63, 3.8) is 0 Å². The van der Waals surface area contributed by atoms with E-state index < -0.39 is 0 Å². The van der Waals surface area contributed by atoms with Crippen LogP contribution in [0.5, 0.6) is 5.75 Å². The van der Waals surface area contributed by atoms with Crippen LogP contribution in [-0.4, -0.2) is 56.5 Å². The van der Waals surface area contributed by atoms with Gasteiger partial charge in [0.15, 0.2) is 0 Å². The molecular formula is C15H23N3O2. The van der Waals surface area contributed by atoms with Crippen molar-refractivity contribution in [2.75, 3.05) is 40.8 Å². The van der Waals surface area contributed by atoms with Crippen molar-refractivity contribution in [1.82, 2.24) is 15.1 Å². The molecule has 1 saturated heterocycles. The molecule has 0 aromatic heterocycles. The maximum Gasteiger partial charge on any atom is 0.238 e. The van der Waals surface area contributed by atoms with Crippen molar-refractivity contribution in [2.24, 2.45) is 0 Å². The van der Waals surface area contributed by atoms with Crippen molar-refractivity contribution in [3.8, 4) is 5.75 Å². The van der Waals surface area contributed by atoms with Crippen LogP contribution in [0.15, 0.2) is 24.3 Å². The number of nitrogens with zero attached hydrogens (tertiary/aromatic N) is 2. The summed E-state index contributed by atoms with van der Waals surface area (Å²) in [4.78, 5) is 16.1. The quantitative estimate of drug-likeness (QED) is 0.845. The highest BCUT2D eigenvalue weighted by Gasteiger charge is 2.31. The van der Waals surface area contributed by atoms with Crippen LogP contribution in [0.1, 0.15) is 18.2 Å².